The maximum absolute atomic E-state index is 13.6. The van der Waals surface area contributed by atoms with E-state index < -0.39 is 17.6 Å². The van der Waals surface area contributed by atoms with Gasteiger partial charge < -0.3 is 20.3 Å². The fraction of sp³-hybridized carbons (Fsp3) is 0.476. The Morgan fingerprint density at radius 3 is 2.60 bits per heavy atom. The number of hydrogen-bond acceptors (Lipinski definition) is 5. The zero-order chi connectivity index (χ0) is 21.5. The smallest absolute Gasteiger partial charge is 0.314 e. The molecular weight excluding hydrogens is 389 g/mol. The molecule has 0 atom stereocenters. The summed E-state index contributed by atoms with van der Waals surface area (Å²) in [5.74, 6) is -2.05. The van der Waals surface area contributed by atoms with E-state index in [0.29, 0.717) is 12.2 Å². The Bertz CT molecular complexity index is 877. The summed E-state index contributed by atoms with van der Waals surface area (Å²) in [6.07, 6.45) is 6.75. The van der Waals surface area contributed by atoms with Crippen LogP contribution in [0.25, 0.3) is 0 Å². The molecule has 162 valence electrons. The number of ether oxygens (including phenoxy) is 1. The normalized spacial score (nSPS) is 14.5. The number of piperidine rings is 1. The van der Waals surface area contributed by atoms with Crippen LogP contribution in [0, 0.1) is 5.82 Å². The van der Waals surface area contributed by atoms with Gasteiger partial charge in [-0.05, 0) is 51.9 Å². The van der Waals surface area contributed by atoms with Crippen LogP contribution in [0.2, 0.25) is 0 Å². The van der Waals surface area contributed by atoms with Gasteiger partial charge in [0.1, 0.15) is 11.6 Å². The van der Waals surface area contributed by atoms with Crippen LogP contribution in [0.15, 0.2) is 30.6 Å². The number of carbonyl (C=O) groups is 2. The SMILES string of the molecule is CC(C)Oc1ccc(F)cc1NC(=O)C(=O)Nc1cnn(CCN2CCCCC2)c1. The summed E-state index contributed by atoms with van der Waals surface area (Å²) in [5.41, 5.74) is 0.521. The lowest BCUT2D eigenvalue weighted by molar-refractivity contribution is -0.133. The van der Waals surface area contributed by atoms with Gasteiger partial charge in [-0.2, -0.15) is 5.10 Å². The molecule has 2 heterocycles. The van der Waals surface area contributed by atoms with Crippen LogP contribution in [0.4, 0.5) is 15.8 Å². The number of halogens is 1. The average molecular weight is 417 g/mol. The number of hydrogen-bond donors (Lipinski definition) is 2. The summed E-state index contributed by atoms with van der Waals surface area (Å²) in [6.45, 7) is 7.44. The summed E-state index contributed by atoms with van der Waals surface area (Å²) in [4.78, 5) is 26.9. The number of benzene rings is 1. The van der Waals surface area contributed by atoms with E-state index in [1.165, 1.54) is 37.6 Å². The van der Waals surface area contributed by atoms with Crippen molar-refractivity contribution in [2.75, 3.05) is 30.3 Å². The van der Waals surface area contributed by atoms with Crippen molar-refractivity contribution >= 4 is 23.2 Å². The van der Waals surface area contributed by atoms with E-state index in [1.54, 1.807) is 10.9 Å². The third-order valence-corrected chi connectivity index (χ3v) is 4.74. The maximum atomic E-state index is 13.6. The molecular formula is C21H28FN5O3. The molecule has 30 heavy (non-hydrogen) atoms. The summed E-state index contributed by atoms with van der Waals surface area (Å²) < 4.78 is 20.9. The van der Waals surface area contributed by atoms with Crippen LogP contribution in [0.3, 0.4) is 0 Å². The molecule has 2 amide bonds. The fourth-order valence-corrected chi connectivity index (χ4v) is 3.30. The number of likely N-dealkylation sites (tertiary alicyclic amines) is 1. The first-order valence-electron chi connectivity index (χ1n) is 10.2. The van der Waals surface area contributed by atoms with Crippen LogP contribution in [0.5, 0.6) is 5.75 Å². The molecule has 1 aliphatic heterocycles. The van der Waals surface area contributed by atoms with Crippen molar-refractivity contribution in [3.05, 3.63) is 36.4 Å². The molecule has 3 rings (SSSR count). The van der Waals surface area contributed by atoms with E-state index in [9.17, 15) is 14.0 Å². The molecule has 1 saturated heterocycles. The lowest BCUT2D eigenvalue weighted by Crippen LogP contribution is -2.32. The number of amides is 2. The van der Waals surface area contributed by atoms with E-state index in [4.69, 9.17) is 4.74 Å². The number of nitrogens with zero attached hydrogens (tertiary/aromatic N) is 3. The van der Waals surface area contributed by atoms with Gasteiger partial charge >= 0.3 is 11.8 Å². The van der Waals surface area contributed by atoms with Gasteiger partial charge in [0.25, 0.3) is 0 Å². The van der Waals surface area contributed by atoms with Crippen molar-refractivity contribution in [3.8, 4) is 5.75 Å². The first-order valence-corrected chi connectivity index (χ1v) is 10.2. The van der Waals surface area contributed by atoms with Gasteiger partial charge in [-0.15, -0.1) is 0 Å². The molecule has 1 fully saturated rings. The molecule has 0 unspecified atom stereocenters. The highest BCUT2D eigenvalue weighted by atomic mass is 19.1. The Kier molecular flexibility index (Phi) is 7.40. The first kappa shape index (κ1) is 21.8. The van der Waals surface area contributed by atoms with Crippen molar-refractivity contribution in [2.45, 2.75) is 45.8 Å². The first-order chi connectivity index (χ1) is 14.4. The topological polar surface area (TPSA) is 88.5 Å². The second-order valence-corrected chi connectivity index (χ2v) is 7.61. The number of rotatable bonds is 7. The second kappa shape index (κ2) is 10.2. The fourth-order valence-electron chi connectivity index (χ4n) is 3.30. The molecule has 0 saturated carbocycles. The van der Waals surface area contributed by atoms with Crippen molar-refractivity contribution < 1.29 is 18.7 Å². The lowest BCUT2D eigenvalue weighted by atomic mass is 10.1. The third-order valence-electron chi connectivity index (χ3n) is 4.74. The Labute approximate surface area is 175 Å². The van der Waals surface area contributed by atoms with Gasteiger partial charge in [0, 0.05) is 18.8 Å². The van der Waals surface area contributed by atoms with Crippen molar-refractivity contribution in [1.82, 2.24) is 14.7 Å². The van der Waals surface area contributed by atoms with E-state index in [2.05, 4.69) is 20.6 Å². The summed E-state index contributed by atoms with van der Waals surface area (Å²) >= 11 is 0. The monoisotopic (exact) mass is 417 g/mol. The molecule has 0 bridgehead atoms. The molecule has 2 aromatic rings. The zero-order valence-corrected chi connectivity index (χ0v) is 17.4. The predicted octanol–water partition coefficient (Wildman–Crippen LogP) is 2.87. The van der Waals surface area contributed by atoms with Crippen LogP contribution in [0.1, 0.15) is 33.1 Å². The summed E-state index contributed by atoms with van der Waals surface area (Å²) in [7, 11) is 0. The third kappa shape index (κ3) is 6.28. The largest absolute Gasteiger partial charge is 0.489 e. The highest BCUT2D eigenvalue weighted by Gasteiger charge is 2.18. The number of nitrogens with one attached hydrogen (secondary N) is 2. The molecule has 8 nitrogen and oxygen atoms in total. The molecule has 1 aromatic carbocycles. The molecule has 1 aliphatic rings. The van der Waals surface area contributed by atoms with Gasteiger partial charge in [-0.1, -0.05) is 6.42 Å². The minimum atomic E-state index is -0.921. The average Bonchev–Trinajstić information content (AvgIpc) is 3.16. The van der Waals surface area contributed by atoms with Crippen LogP contribution in [-0.2, 0) is 16.1 Å². The Balaban J connectivity index is 1.54. The lowest BCUT2D eigenvalue weighted by Gasteiger charge is -2.26. The Morgan fingerprint density at radius 2 is 1.87 bits per heavy atom. The van der Waals surface area contributed by atoms with Crippen LogP contribution in [-0.4, -0.2) is 52.2 Å². The Morgan fingerprint density at radius 1 is 1.13 bits per heavy atom. The van der Waals surface area contributed by atoms with E-state index >= 15 is 0 Å². The van der Waals surface area contributed by atoms with Crippen molar-refractivity contribution in [2.24, 2.45) is 0 Å². The van der Waals surface area contributed by atoms with Crippen LogP contribution < -0.4 is 15.4 Å². The highest BCUT2D eigenvalue weighted by molar-refractivity contribution is 6.43. The molecule has 1 aromatic heterocycles. The van der Waals surface area contributed by atoms with Crippen LogP contribution >= 0.6 is 0 Å². The Hall–Kier alpha value is -2.94. The van der Waals surface area contributed by atoms with E-state index in [0.717, 1.165) is 25.7 Å². The maximum Gasteiger partial charge on any atom is 0.314 e. The van der Waals surface area contributed by atoms with Gasteiger partial charge in [0.2, 0.25) is 0 Å². The highest BCUT2D eigenvalue weighted by Crippen LogP contribution is 2.26. The number of anilines is 2. The predicted molar refractivity (Wildman–Crippen MR) is 112 cm³/mol. The summed E-state index contributed by atoms with van der Waals surface area (Å²) in [5, 5.41) is 9.14. The number of carbonyl (C=O) groups excluding carboxylic acids is 2. The molecule has 0 aliphatic carbocycles. The van der Waals surface area contributed by atoms with E-state index in [1.807, 2.05) is 13.8 Å². The number of aromatic nitrogens is 2. The molecule has 0 spiro atoms. The van der Waals surface area contributed by atoms with Gasteiger partial charge in [-0.25, -0.2) is 4.39 Å². The van der Waals surface area contributed by atoms with Crippen molar-refractivity contribution in [3.63, 3.8) is 0 Å². The molecule has 2 N–H and O–H groups in total. The van der Waals surface area contributed by atoms with Gasteiger partial charge in [0.15, 0.2) is 0 Å². The molecule has 0 radical (unpaired) electrons. The summed E-state index contributed by atoms with van der Waals surface area (Å²) in [6, 6.07) is 3.75. The minimum absolute atomic E-state index is 0.0982. The zero-order valence-electron chi connectivity index (χ0n) is 17.4. The minimum Gasteiger partial charge on any atom is -0.489 e. The van der Waals surface area contributed by atoms with Gasteiger partial charge in [-0.3, -0.25) is 14.3 Å². The van der Waals surface area contributed by atoms with Gasteiger partial charge in [0.05, 0.1) is 30.2 Å². The van der Waals surface area contributed by atoms with E-state index in [-0.39, 0.29) is 17.5 Å². The second-order valence-electron chi connectivity index (χ2n) is 7.61. The molecule has 9 heteroatoms. The van der Waals surface area contributed by atoms with Crippen molar-refractivity contribution in [1.29, 1.82) is 0 Å². The quantitative estimate of drug-likeness (QED) is 0.677. The standard InChI is InChI=1S/C21H28FN5O3/c1-15(2)30-19-7-6-16(22)12-18(19)25-21(29)20(28)24-17-13-23-27(14-17)11-10-26-8-4-3-5-9-26/h6-7,12-15H,3-5,8-11H2,1-2H3,(H,24,28)(H,25,29).